The van der Waals surface area contributed by atoms with Gasteiger partial charge in [0.05, 0.1) is 0 Å². The van der Waals surface area contributed by atoms with Gasteiger partial charge in [-0.05, 0) is 18.9 Å². The van der Waals surface area contributed by atoms with Crippen LogP contribution in [0.25, 0.3) is 0 Å². The fourth-order valence-corrected chi connectivity index (χ4v) is 1.73. The Hall–Kier alpha value is -0.790. The summed E-state index contributed by atoms with van der Waals surface area (Å²) in [4.78, 5) is 0. The molecule has 1 heterocycles. The number of hydrogen-bond donors (Lipinski definition) is 1. The van der Waals surface area contributed by atoms with Crippen molar-refractivity contribution in [1.29, 1.82) is 0 Å². The molecule has 1 aromatic rings. The summed E-state index contributed by atoms with van der Waals surface area (Å²) < 4.78 is 0. The van der Waals surface area contributed by atoms with Crippen LogP contribution >= 0.6 is 0 Å². The fourth-order valence-electron chi connectivity index (χ4n) is 1.73. The van der Waals surface area contributed by atoms with E-state index in [1.807, 2.05) is 6.20 Å². The maximum Gasteiger partial charge on any atom is 0.0490 e. The van der Waals surface area contributed by atoms with Crippen LogP contribution in [0, 0.1) is 0 Å². The summed E-state index contributed by atoms with van der Waals surface area (Å²) in [5, 5.41) is 6.97. The molecule has 0 unspecified atom stereocenters. The lowest BCUT2D eigenvalue weighted by Crippen LogP contribution is -1.91. The second kappa shape index (κ2) is 2.45. The molecule has 1 aromatic heterocycles. The van der Waals surface area contributed by atoms with Gasteiger partial charge in [0.25, 0.3) is 0 Å². The molecular weight excluding hydrogens is 124 g/mol. The Morgan fingerprint density at radius 3 is 2.80 bits per heavy atom. The maximum absolute atomic E-state index is 3.94. The van der Waals surface area contributed by atoms with Crippen molar-refractivity contribution in [2.24, 2.45) is 0 Å². The smallest absolute Gasteiger partial charge is 0.0490 e. The van der Waals surface area contributed by atoms with Crippen molar-refractivity contribution in [2.75, 3.05) is 0 Å². The maximum atomic E-state index is 3.94. The van der Waals surface area contributed by atoms with E-state index in [-0.39, 0.29) is 0 Å². The summed E-state index contributed by atoms with van der Waals surface area (Å²) in [6.45, 7) is 0. The Kier molecular flexibility index (Phi) is 1.46. The molecule has 0 bridgehead atoms. The monoisotopic (exact) mass is 136 g/mol. The van der Waals surface area contributed by atoms with E-state index in [0.717, 1.165) is 5.92 Å². The first-order valence-electron chi connectivity index (χ1n) is 3.96. The number of nitrogens with zero attached hydrogens (tertiary/aromatic N) is 1. The van der Waals surface area contributed by atoms with E-state index in [9.17, 15) is 0 Å². The minimum atomic E-state index is 0.780. The molecule has 0 atom stereocenters. The Bertz CT molecular complexity index is 185. The number of nitrogens with one attached hydrogen (secondary N) is 1. The summed E-state index contributed by atoms with van der Waals surface area (Å²) in [6.07, 6.45) is 7.32. The van der Waals surface area contributed by atoms with Gasteiger partial charge in [0, 0.05) is 17.8 Å². The molecule has 0 aliphatic heterocycles. The van der Waals surface area contributed by atoms with Crippen LogP contribution in [0.3, 0.4) is 0 Å². The summed E-state index contributed by atoms with van der Waals surface area (Å²) in [6, 6.07) is 2.09. The van der Waals surface area contributed by atoms with Gasteiger partial charge in [-0.2, -0.15) is 5.10 Å². The highest BCUT2D eigenvalue weighted by Gasteiger charge is 2.17. The van der Waals surface area contributed by atoms with E-state index >= 15 is 0 Å². The molecule has 1 aliphatic carbocycles. The highest BCUT2D eigenvalue weighted by atomic mass is 15.1. The van der Waals surface area contributed by atoms with Crippen molar-refractivity contribution in [3.05, 3.63) is 18.0 Å². The Morgan fingerprint density at radius 2 is 2.20 bits per heavy atom. The summed E-state index contributed by atoms with van der Waals surface area (Å²) >= 11 is 0. The standard InChI is InChI=1S/C8H12N2/c1-2-4-7(3-1)8-5-6-9-10-8/h5-7H,1-4H2,(H,9,10). The summed E-state index contributed by atoms with van der Waals surface area (Å²) in [5.41, 5.74) is 1.33. The molecule has 2 nitrogen and oxygen atoms in total. The molecular formula is C8H12N2. The van der Waals surface area contributed by atoms with Crippen molar-refractivity contribution in [3.8, 4) is 0 Å². The molecule has 0 aromatic carbocycles. The van der Waals surface area contributed by atoms with Gasteiger partial charge in [0.2, 0.25) is 0 Å². The van der Waals surface area contributed by atoms with E-state index in [1.54, 1.807) is 0 Å². The molecule has 2 rings (SSSR count). The third-order valence-corrected chi connectivity index (χ3v) is 2.32. The van der Waals surface area contributed by atoms with Crippen molar-refractivity contribution in [3.63, 3.8) is 0 Å². The molecule has 1 aliphatic rings. The average Bonchev–Trinajstić information content (AvgIpc) is 2.59. The molecule has 0 spiro atoms. The molecule has 0 radical (unpaired) electrons. The number of hydrogen-bond acceptors (Lipinski definition) is 1. The van der Waals surface area contributed by atoms with Crippen LogP contribution in [0.15, 0.2) is 12.3 Å². The van der Waals surface area contributed by atoms with Gasteiger partial charge >= 0.3 is 0 Å². The lowest BCUT2D eigenvalue weighted by Gasteiger charge is -2.02. The number of rotatable bonds is 1. The SMILES string of the molecule is c1cc(C2CCCC2)[nH]n1. The zero-order chi connectivity index (χ0) is 6.81. The van der Waals surface area contributed by atoms with Gasteiger partial charge in [0.1, 0.15) is 0 Å². The van der Waals surface area contributed by atoms with Crippen LogP contribution < -0.4 is 0 Å². The van der Waals surface area contributed by atoms with Gasteiger partial charge in [-0.15, -0.1) is 0 Å². The number of aromatic nitrogens is 2. The van der Waals surface area contributed by atoms with E-state index in [2.05, 4.69) is 16.3 Å². The first kappa shape index (κ1) is 5.96. The van der Waals surface area contributed by atoms with Crippen LogP contribution in [0.1, 0.15) is 37.3 Å². The van der Waals surface area contributed by atoms with Gasteiger partial charge in [-0.25, -0.2) is 0 Å². The fraction of sp³-hybridized carbons (Fsp3) is 0.625. The summed E-state index contributed by atoms with van der Waals surface area (Å²) in [7, 11) is 0. The molecule has 1 saturated carbocycles. The molecule has 1 N–H and O–H groups in total. The van der Waals surface area contributed by atoms with E-state index < -0.39 is 0 Å². The zero-order valence-electron chi connectivity index (χ0n) is 6.01. The van der Waals surface area contributed by atoms with Crippen LogP contribution in [0.2, 0.25) is 0 Å². The van der Waals surface area contributed by atoms with Gasteiger partial charge < -0.3 is 0 Å². The zero-order valence-corrected chi connectivity index (χ0v) is 6.01. The molecule has 2 heteroatoms. The quantitative estimate of drug-likeness (QED) is 0.629. The minimum Gasteiger partial charge on any atom is -0.282 e. The predicted molar refractivity (Wildman–Crippen MR) is 39.8 cm³/mol. The van der Waals surface area contributed by atoms with Crippen LogP contribution in [0.5, 0.6) is 0 Å². The Morgan fingerprint density at radius 1 is 1.40 bits per heavy atom. The molecule has 1 fully saturated rings. The topological polar surface area (TPSA) is 28.7 Å². The van der Waals surface area contributed by atoms with Crippen molar-refractivity contribution >= 4 is 0 Å². The second-order valence-electron chi connectivity index (χ2n) is 2.99. The van der Waals surface area contributed by atoms with Crippen molar-refractivity contribution < 1.29 is 0 Å². The third-order valence-electron chi connectivity index (χ3n) is 2.32. The highest BCUT2D eigenvalue weighted by molar-refractivity contribution is 5.06. The largest absolute Gasteiger partial charge is 0.282 e. The Balaban J connectivity index is 2.12. The molecule has 0 amide bonds. The van der Waals surface area contributed by atoms with Gasteiger partial charge in [-0.3, -0.25) is 5.10 Å². The molecule has 10 heavy (non-hydrogen) atoms. The third kappa shape index (κ3) is 0.939. The molecule has 0 saturated heterocycles. The lowest BCUT2D eigenvalue weighted by atomic mass is 10.1. The Labute approximate surface area is 60.6 Å². The van der Waals surface area contributed by atoms with Gasteiger partial charge in [-0.1, -0.05) is 12.8 Å². The average molecular weight is 136 g/mol. The van der Waals surface area contributed by atoms with E-state index in [1.165, 1.54) is 31.4 Å². The van der Waals surface area contributed by atoms with Crippen LogP contribution in [-0.2, 0) is 0 Å². The van der Waals surface area contributed by atoms with Crippen molar-refractivity contribution in [2.45, 2.75) is 31.6 Å². The number of H-pyrrole nitrogens is 1. The number of aromatic amines is 1. The van der Waals surface area contributed by atoms with E-state index in [4.69, 9.17) is 0 Å². The minimum absolute atomic E-state index is 0.780. The lowest BCUT2D eigenvalue weighted by molar-refractivity contribution is 0.693. The van der Waals surface area contributed by atoms with Crippen LogP contribution in [0.4, 0.5) is 0 Å². The normalized spacial score (nSPS) is 20.0. The first-order valence-corrected chi connectivity index (χ1v) is 3.96. The highest BCUT2D eigenvalue weighted by Crippen LogP contribution is 2.32. The second-order valence-corrected chi connectivity index (χ2v) is 2.99. The van der Waals surface area contributed by atoms with Gasteiger partial charge in [0.15, 0.2) is 0 Å². The van der Waals surface area contributed by atoms with Crippen LogP contribution in [-0.4, -0.2) is 10.2 Å². The van der Waals surface area contributed by atoms with Crippen molar-refractivity contribution in [1.82, 2.24) is 10.2 Å². The molecule has 54 valence electrons. The summed E-state index contributed by atoms with van der Waals surface area (Å²) in [5.74, 6) is 0.780. The van der Waals surface area contributed by atoms with E-state index in [0.29, 0.717) is 0 Å². The predicted octanol–water partition coefficient (Wildman–Crippen LogP) is 2.07. The first-order chi connectivity index (χ1) is 4.97.